The molecule has 0 saturated carbocycles. The zero-order valence-corrected chi connectivity index (χ0v) is 12.4. The van der Waals surface area contributed by atoms with Crippen LogP contribution >= 0.6 is 12.2 Å². The molecule has 112 valence electrons. The molecule has 0 aromatic heterocycles. The molecule has 22 heavy (non-hydrogen) atoms. The number of nitrogens with one attached hydrogen (secondary N) is 1. The fourth-order valence-corrected chi connectivity index (χ4v) is 2.20. The summed E-state index contributed by atoms with van der Waals surface area (Å²) in [7, 11) is 1.30. The highest BCUT2D eigenvalue weighted by Gasteiger charge is 2.24. The number of para-hydroxylation sites is 2. The summed E-state index contributed by atoms with van der Waals surface area (Å²) in [5.41, 5.74) is 6.24. The minimum Gasteiger partial charge on any atom is -0.465 e. The number of anilines is 1. The minimum absolute atomic E-state index is 0.0478. The Hall–Kier alpha value is -2.80. The summed E-state index contributed by atoms with van der Waals surface area (Å²) in [6.45, 7) is 0. The van der Waals surface area contributed by atoms with E-state index in [2.05, 4.69) is 5.32 Å². The summed E-state index contributed by atoms with van der Waals surface area (Å²) in [6, 6.07) is 10.3. The first kappa shape index (κ1) is 14.2. The maximum atomic E-state index is 11.8. The first-order valence-electron chi connectivity index (χ1n) is 6.36. The van der Waals surface area contributed by atoms with E-state index in [1.54, 1.807) is 24.3 Å². The summed E-state index contributed by atoms with van der Waals surface area (Å²) < 4.78 is 16.3. The van der Waals surface area contributed by atoms with Gasteiger partial charge in [0.1, 0.15) is 0 Å². The predicted molar refractivity (Wildman–Crippen MR) is 84.8 cm³/mol. The van der Waals surface area contributed by atoms with Crippen LogP contribution in [0.1, 0.15) is 10.4 Å². The van der Waals surface area contributed by atoms with Crippen molar-refractivity contribution < 1.29 is 19.0 Å². The Balaban J connectivity index is 2.11. The first-order chi connectivity index (χ1) is 10.6. The number of hydrogen-bond donors (Lipinski definition) is 2. The molecular formula is C15H12N2O4S. The van der Waals surface area contributed by atoms with Crippen LogP contribution in [0.25, 0.3) is 0 Å². The van der Waals surface area contributed by atoms with E-state index >= 15 is 0 Å². The van der Waals surface area contributed by atoms with Gasteiger partial charge in [-0.15, -0.1) is 0 Å². The number of thiocarbonyl (C=S) groups is 1. The van der Waals surface area contributed by atoms with Gasteiger partial charge in [0.2, 0.25) is 0 Å². The Labute approximate surface area is 131 Å². The zero-order chi connectivity index (χ0) is 15.7. The van der Waals surface area contributed by atoms with Crippen molar-refractivity contribution in [3.8, 4) is 23.0 Å². The lowest BCUT2D eigenvalue weighted by atomic mass is 10.1. The molecule has 3 N–H and O–H groups in total. The van der Waals surface area contributed by atoms with Crippen LogP contribution in [0.5, 0.6) is 23.0 Å². The smallest absolute Gasteiger partial charge is 0.338 e. The van der Waals surface area contributed by atoms with Gasteiger partial charge in [0, 0.05) is 0 Å². The van der Waals surface area contributed by atoms with E-state index in [9.17, 15) is 4.79 Å². The van der Waals surface area contributed by atoms with Crippen molar-refractivity contribution in [3.63, 3.8) is 0 Å². The number of benzene rings is 2. The topological polar surface area (TPSA) is 82.8 Å². The summed E-state index contributed by atoms with van der Waals surface area (Å²) in [5.74, 6) is 1.39. The Kier molecular flexibility index (Phi) is 3.56. The van der Waals surface area contributed by atoms with E-state index in [1.165, 1.54) is 7.11 Å². The van der Waals surface area contributed by atoms with E-state index in [0.29, 0.717) is 34.2 Å². The molecule has 0 amide bonds. The van der Waals surface area contributed by atoms with Crippen molar-refractivity contribution in [1.29, 1.82) is 0 Å². The van der Waals surface area contributed by atoms with Gasteiger partial charge in [0.15, 0.2) is 28.1 Å². The quantitative estimate of drug-likeness (QED) is 0.555. The standard InChI is InChI=1S/C15H12N2O4S/c1-19-14(18)8-6-9(17-15(16)22)13-12(7-8)20-10-4-2-3-5-11(10)21-13/h2-7H,1H3,(H3,16,17,22). The van der Waals surface area contributed by atoms with Gasteiger partial charge in [-0.25, -0.2) is 4.79 Å². The Morgan fingerprint density at radius 3 is 2.50 bits per heavy atom. The van der Waals surface area contributed by atoms with Gasteiger partial charge in [-0.1, -0.05) is 12.1 Å². The number of esters is 1. The second-order valence-electron chi connectivity index (χ2n) is 4.48. The molecule has 2 aromatic carbocycles. The number of nitrogens with two attached hydrogens (primary N) is 1. The van der Waals surface area contributed by atoms with Gasteiger partial charge in [-0.2, -0.15) is 0 Å². The van der Waals surface area contributed by atoms with Gasteiger partial charge >= 0.3 is 5.97 Å². The van der Waals surface area contributed by atoms with E-state index in [-0.39, 0.29) is 5.11 Å². The molecular weight excluding hydrogens is 304 g/mol. The molecule has 0 aliphatic carbocycles. The molecule has 1 heterocycles. The van der Waals surface area contributed by atoms with Crippen molar-refractivity contribution in [1.82, 2.24) is 0 Å². The van der Waals surface area contributed by atoms with Gasteiger partial charge in [-0.3, -0.25) is 0 Å². The number of rotatable bonds is 2. The molecule has 0 atom stereocenters. The van der Waals surface area contributed by atoms with Crippen molar-refractivity contribution in [2.75, 3.05) is 12.4 Å². The third-order valence-electron chi connectivity index (χ3n) is 3.01. The molecule has 2 aromatic rings. The van der Waals surface area contributed by atoms with Gasteiger partial charge in [0.25, 0.3) is 0 Å². The number of carbonyl (C=O) groups excluding carboxylic acids is 1. The van der Waals surface area contributed by atoms with Crippen molar-refractivity contribution >= 4 is 29.0 Å². The molecule has 0 bridgehead atoms. The molecule has 0 spiro atoms. The van der Waals surface area contributed by atoms with Crippen molar-refractivity contribution in [2.24, 2.45) is 5.73 Å². The Morgan fingerprint density at radius 1 is 1.18 bits per heavy atom. The number of carbonyl (C=O) groups is 1. The number of fused-ring (bicyclic) bond motifs is 2. The van der Waals surface area contributed by atoms with Gasteiger partial charge < -0.3 is 25.3 Å². The van der Waals surface area contributed by atoms with Gasteiger partial charge in [-0.05, 0) is 36.5 Å². The van der Waals surface area contributed by atoms with Crippen LogP contribution in [-0.2, 0) is 4.74 Å². The van der Waals surface area contributed by atoms with Crippen molar-refractivity contribution in [2.45, 2.75) is 0 Å². The third kappa shape index (κ3) is 2.53. The highest BCUT2D eigenvalue weighted by molar-refractivity contribution is 7.80. The van der Waals surface area contributed by atoms with Crippen LogP contribution in [0.15, 0.2) is 36.4 Å². The van der Waals surface area contributed by atoms with Crippen LogP contribution in [0.3, 0.4) is 0 Å². The maximum Gasteiger partial charge on any atom is 0.338 e. The van der Waals surface area contributed by atoms with Crippen LogP contribution in [0.2, 0.25) is 0 Å². The molecule has 0 saturated heterocycles. The summed E-state index contributed by atoms with van der Waals surface area (Å²) in [4.78, 5) is 11.8. The summed E-state index contributed by atoms with van der Waals surface area (Å²) in [6.07, 6.45) is 0. The molecule has 1 aliphatic rings. The monoisotopic (exact) mass is 316 g/mol. The first-order valence-corrected chi connectivity index (χ1v) is 6.77. The Morgan fingerprint density at radius 2 is 1.86 bits per heavy atom. The second kappa shape index (κ2) is 5.53. The minimum atomic E-state index is -0.503. The predicted octanol–water partition coefficient (Wildman–Crippen LogP) is 3.03. The van der Waals surface area contributed by atoms with E-state index in [0.717, 1.165) is 0 Å². The molecule has 0 radical (unpaired) electrons. The number of methoxy groups -OCH3 is 1. The lowest BCUT2D eigenvalue weighted by Gasteiger charge is -2.23. The number of ether oxygens (including phenoxy) is 3. The van der Waals surface area contributed by atoms with Gasteiger partial charge in [0.05, 0.1) is 18.4 Å². The SMILES string of the molecule is COC(=O)c1cc(NC(N)=S)c2c(c1)Oc1ccccc1O2. The second-order valence-corrected chi connectivity index (χ2v) is 4.92. The highest BCUT2D eigenvalue weighted by Crippen LogP contribution is 2.49. The van der Waals surface area contributed by atoms with Crippen LogP contribution < -0.4 is 20.5 Å². The fraction of sp³-hybridized carbons (Fsp3) is 0.0667. The highest BCUT2D eigenvalue weighted by atomic mass is 32.1. The van der Waals surface area contributed by atoms with Crippen LogP contribution in [0.4, 0.5) is 5.69 Å². The molecule has 3 rings (SSSR count). The normalized spacial score (nSPS) is 11.3. The fourth-order valence-electron chi connectivity index (χ4n) is 2.09. The molecule has 1 aliphatic heterocycles. The van der Waals surface area contributed by atoms with Crippen LogP contribution in [-0.4, -0.2) is 18.2 Å². The summed E-state index contributed by atoms with van der Waals surface area (Å²) in [5, 5.41) is 2.83. The maximum absolute atomic E-state index is 11.8. The molecule has 7 heteroatoms. The Bertz CT molecular complexity index is 776. The van der Waals surface area contributed by atoms with E-state index in [4.69, 9.17) is 32.2 Å². The zero-order valence-electron chi connectivity index (χ0n) is 11.6. The average molecular weight is 316 g/mol. The van der Waals surface area contributed by atoms with E-state index in [1.807, 2.05) is 12.1 Å². The largest absolute Gasteiger partial charge is 0.465 e. The van der Waals surface area contributed by atoms with E-state index < -0.39 is 5.97 Å². The molecule has 0 fully saturated rings. The van der Waals surface area contributed by atoms with Crippen molar-refractivity contribution in [3.05, 3.63) is 42.0 Å². The lowest BCUT2D eigenvalue weighted by molar-refractivity contribution is 0.0600. The average Bonchev–Trinajstić information content (AvgIpc) is 2.51. The molecule has 6 nitrogen and oxygen atoms in total. The molecule has 0 unspecified atom stereocenters. The number of hydrogen-bond acceptors (Lipinski definition) is 5. The summed E-state index contributed by atoms with van der Waals surface area (Å²) >= 11 is 4.85. The lowest BCUT2D eigenvalue weighted by Crippen LogP contribution is -2.20. The third-order valence-corrected chi connectivity index (χ3v) is 3.12. The van der Waals surface area contributed by atoms with Crippen LogP contribution in [0, 0.1) is 0 Å².